The summed E-state index contributed by atoms with van der Waals surface area (Å²) in [5.41, 5.74) is 3.01. The van der Waals surface area contributed by atoms with Crippen molar-refractivity contribution in [3.05, 3.63) is 60.2 Å². The summed E-state index contributed by atoms with van der Waals surface area (Å²) in [5, 5.41) is 42.7. The Balaban J connectivity index is 1.48. The zero-order valence-corrected chi connectivity index (χ0v) is 16.4. The fourth-order valence-electron chi connectivity index (χ4n) is 2.81. The minimum Gasteiger partial charge on any atom is -0.484 e. The predicted octanol–water partition coefficient (Wildman–Crippen LogP) is -0.606. The third-order valence-corrected chi connectivity index (χ3v) is 4.50. The third kappa shape index (κ3) is 6.23. The quantitative estimate of drug-likeness (QED) is 0.274. The first-order valence-corrected chi connectivity index (χ1v) is 9.55. The number of rotatable bonds is 8. The molecule has 0 saturated carbocycles. The fourth-order valence-corrected chi connectivity index (χ4v) is 2.81. The predicted molar refractivity (Wildman–Crippen MR) is 109 cm³/mol. The zero-order chi connectivity index (χ0) is 22.2. The van der Waals surface area contributed by atoms with Gasteiger partial charge in [-0.1, -0.05) is 18.2 Å². The molecule has 0 aliphatic carbocycles. The van der Waals surface area contributed by atoms with Gasteiger partial charge in [0.05, 0.1) is 12.8 Å². The van der Waals surface area contributed by atoms with Crippen LogP contribution in [-0.2, 0) is 9.53 Å². The molecule has 10 nitrogen and oxygen atoms in total. The fraction of sp³-hybridized carbons (Fsp3) is 0.333. The van der Waals surface area contributed by atoms with Crippen LogP contribution in [0.2, 0.25) is 0 Å². The lowest BCUT2D eigenvalue weighted by Crippen LogP contribution is -2.60. The first-order valence-electron chi connectivity index (χ1n) is 9.55. The molecule has 2 aromatic rings. The Kier molecular flexibility index (Phi) is 7.93. The Labute approximate surface area is 178 Å². The second-order valence-corrected chi connectivity index (χ2v) is 6.78. The molecule has 0 bridgehead atoms. The van der Waals surface area contributed by atoms with Gasteiger partial charge in [0.15, 0.2) is 6.61 Å². The van der Waals surface area contributed by atoms with Crippen molar-refractivity contribution in [2.75, 3.05) is 13.2 Å². The van der Waals surface area contributed by atoms with E-state index >= 15 is 0 Å². The lowest BCUT2D eigenvalue weighted by atomic mass is 9.99. The summed E-state index contributed by atoms with van der Waals surface area (Å²) in [6, 6.07) is 15.4. The number of carbonyl (C=O) groups excluding carboxylic acids is 1. The molecule has 0 radical (unpaired) electrons. The highest BCUT2D eigenvalue weighted by atomic mass is 16.7. The molecule has 0 unspecified atom stereocenters. The van der Waals surface area contributed by atoms with Crippen molar-refractivity contribution in [2.24, 2.45) is 5.10 Å². The van der Waals surface area contributed by atoms with E-state index in [9.17, 15) is 25.2 Å². The summed E-state index contributed by atoms with van der Waals surface area (Å²) in [7, 11) is 0. The topological polar surface area (TPSA) is 150 Å². The Morgan fingerprint density at radius 2 is 1.71 bits per heavy atom. The van der Waals surface area contributed by atoms with Gasteiger partial charge in [-0.2, -0.15) is 5.10 Å². The molecular weight excluding hydrogens is 408 g/mol. The second-order valence-electron chi connectivity index (χ2n) is 6.78. The van der Waals surface area contributed by atoms with E-state index in [0.717, 1.165) is 0 Å². The molecule has 5 N–H and O–H groups in total. The van der Waals surface area contributed by atoms with Crippen LogP contribution in [0.25, 0.3) is 0 Å². The van der Waals surface area contributed by atoms with E-state index in [1.807, 2.05) is 6.07 Å². The van der Waals surface area contributed by atoms with Crippen LogP contribution in [-0.4, -0.2) is 76.5 Å². The lowest BCUT2D eigenvalue weighted by molar-refractivity contribution is -0.277. The average molecular weight is 432 g/mol. The van der Waals surface area contributed by atoms with E-state index in [-0.39, 0.29) is 6.61 Å². The van der Waals surface area contributed by atoms with E-state index in [0.29, 0.717) is 17.1 Å². The molecule has 1 aliphatic heterocycles. The largest absolute Gasteiger partial charge is 0.484 e. The first kappa shape index (κ1) is 22.7. The minimum absolute atomic E-state index is 0.173. The zero-order valence-electron chi connectivity index (χ0n) is 16.4. The van der Waals surface area contributed by atoms with Gasteiger partial charge < -0.3 is 34.6 Å². The normalized spacial score (nSPS) is 25.9. The number of hydrogen-bond donors (Lipinski definition) is 5. The molecule has 10 heteroatoms. The van der Waals surface area contributed by atoms with Gasteiger partial charge in [0.1, 0.15) is 35.9 Å². The van der Waals surface area contributed by atoms with Gasteiger partial charge in [-0.25, -0.2) is 5.43 Å². The van der Waals surface area contributed by atoms with Gasteiger partial charge in [-0.3, -0.25) is 4.79 Å². The van der Waals surface area contributed by atoms with Crippen LogP contribution in [0, 0.1) is 0 Å². The summed E-state index contributed by atoms with van der Waals surface area (Å²) in [6.45, 7) is -0.713. The Morgan fingerprint density at radius 1 is 1.00 bits per heavy atom. The number of benzene rings is 2. The summed E-state index contributed by atoms with van der Waals surface area (Å²) < 4.78 is 16.1. The Hall–Kier alpha value is -3.02. The number of nitrogens with zero attached hydrogens (tertiary/aromatic N) is 1. The molecule has 166 valence electrons. The molecule has 2 aromatic carbocycles. The molecule has 0 spiro atoms. The molecule has 1 fully saturated rings. The summed E-state index contributed by atoms with van der Waals surface area (Å²) in [4.78, 5) is 11.8. The summed E-state index contributed by atoms with van der Waals surface area (Å²) in [6.07, 6.45) is -5.35. The molecular formula is C21H24N2O8. The molecule has 31 heavy (non-hydrogen) atoms. The maximum Gasteiger partial charge on any atom is 0.277 e. The number of para-hydroxylation sites is 1. The van der Waals surface area contributed by atoms with Crippen molar-refractivity contribution in [1.82, 2.24) is 5.43 Å². The molecule has 1 amide bonds. The number of amides is 1. The number of hydrazone groups is 1. The average Bonchev–Trinajstić information content (AvgIpc) is 2.80. The van der Waals surface area contributed by atoms with Crippen LogP contribution in [0.1, 0.15) is 5.56 Å². The van der Waals surface area contributed by atoms with Gasteiger partial charge in [0.2, 0.25) is 6.29 Å². The Morgan fingerprint density at radius 3 is 2.39 bits per heavy atom. The summed E-state index contributed by atoms with van der Waals surface area (Å²) >= 11 is 0. The number of aliphatic hydroxyl groups excluding tert-OH is 4. The number of hydrogen-bond acceptors (Lipinski definition) is 9. The van der Waals surface area contributed by atoms with E-state index in [1.54, 1.807) is 48.5 Å². The van der Waals surface area contributed by atoms with Crippen molar-refractivity contribution in [3.8, 4) is 11.5 Å². The van der Waals surface area contributed by atoms with Crippen molar-refractivity contribution < 1.29 is 39.4 Å². The molecule has 1 aliphatic rings. The van der Waals surface area contributed by atoms with E-state index in [1.165, 1.54) is 6.21 Å². The maximum absolute atomic E-state index is 11.8. The molecule has 5 atom stereocenters. The van der Waals surface area contributed by atoms with Gasteiger partial charge in [-0.05, 0) is 42.0 Å². The monoisotopic (exact) mass is 432 g/mol. The number of aliphatic hydroxyl groups is 4. The van der Waals surface area contributed by atoms with E-state index < -0.39 is 43.2 Å². The number of ether oxygens (including phenoxy) is 3. The van der Waals surface area contributed by atoms with Gasteiger partial charge in [0.25, 0.3) is 5.91 Å². The minimum atomic E-state index is -1.52. The van der Waals surface area contributed by atoms with Gasteiger partial charge in [-0.15, -0.1) is 0 Å². The maximum atomic E-state index is 11.8. The van der Waals surface area contributed by atoms with Crippen LogP contribution in [0.5, 0.6) is 11.5 Å². The van der Waals surface area contributed by atoms with Crippen molar-refractivity contribution in [2.45, 2.75) is 30.7 Å². The molecule has 3 rings (SSSR count). The van der Waals surface area contributed by atoms with E-state index in [2.05, 4.69) is 10.5 Å². The van der Waals surface area contributed by atoms with Gasteiger partial charge >= 0.3 is 0 Å². The molecule has 0 aromatic heterocycles. The first-order chi connectivity index (χ1) is 15.0. The van der Waals surface area contributed by atoms with Crippen LogP contribution < -0.4 is 14.9 Å². The highest BCUT2D eigenvalue weighted by Crippen LogP contribution is 2.24. The lowest BCUT2D eigenvalue weighted by Gasteiger charge is -2.39. The van der Waals surface area contributed by atoms with Gasteiger partial charge in [0, 0.05) is 0 Å². The molecule has 1 heterocycles. The standard InChI is InChI=1S/C21H24N2O8/c24-11-16-18(26)19(27)20(28)21(31-16)30-15-8-6-13(7-9-15)10-22-23-17(25)12-29-14-4-2-1-3-5-14/h1-10,16,18-21,24,26-28H,11-12H2,(H,23,25)/b22-10+/t16-,18-,19+,20-,21-/m1/s1. The second kappa shape index (κ2) is 10.8. The van der Waals surface area contributed by atoms with Crippen LogP contribution in [0.4, 0.5) is 0 Å². The van der Waals surface area contributed by atoms with Crippen molar-refractivity contribution >= 4 is 12.1 Å². The molecule has 1 saturated heterocycles. The highest BCUT2D eigenvalue weighted by Gasteiger charge is 2.44. The number of carbonyl (C=O) groups is 1. The third-order valence-electron chi connectivity index (χ3n) is 4.50. The van der Waals surface area contributed by atoms with Crippen LogP contribution in [0.15, 0.2) is 59.7 Å². The van der Waals surface area contributed by atoms with E-state index in [4.69, 9.17) is 14.2 Å². The smallest absolute Gasteiger partial charge is 0.277 e. The van der Waals surface area contributed by atoms with Crippen LogP contribution in [0.3, 0.4) is 0 Å². The van der Waals surface area contributed by atoms with Crippen LogP contribution >= 0.6 is 0 Å². The van der Waals surface area contributed by atoms with Crippen molar-refractivity contribution in [3.63, 3.8) is 0 Å². The highest BCUT2D eigenvalue weighted by molar-refractivity contribution is 5.83. The number of nitrogens with one attached hydrogen (secondary N) is 1. The van der Waals surface area contributed by atoms with Crippen molar-refractivity contribution in [1.29, 1.82) is 0 Å². The summed E-state index contributed by atoms with van der Waals surface area (Å²) in [5.74, 6) is 0.487. The SMILES string of the molecule is O=C(COc1ccccc1)N/N=C/c1ccc(O[C@@H]2O[C@H](CO)[C@@H](O)[C@H](O)[C@H]2O)cc1. The Bertz CT molecular complexity index is 859.